The monoisotopic (exact) mass is 254 g/mol. The van der Waals surface area contributed by atoms with E-state index in [9.17, 15) is 4.79 Å². The zero-order valence-corrected chi connectivity index (χ0v) is 10.2. The van der Waals surface area contributed by atoms with Gasteiger partial charge >= 0.3 is 0 Å². The molecule has 0 aliphatic carbocycles. The zero-order chi connectivity index (χ0) is 12.4. The molecule has 0 amide bonds. The average Bonchev–Trinajstić information content (AvgIpc) is 2.69. The van der Waals surface area contributed by atoms with Gasteiger partial charge < -0.3 is 10.6 Å². The Labute approximate surface area is 104 Å². The van der Waals surface area contributed by atoms with E-state index in [1.54, 1.807) is 6.20 Å². The fourth-order valence-electron chi connectivity index (χ4n) is 2.18. The lowest BCUT2D eigenvalue weighted by Crippen LogP contribution is -2.23. The van der Waals surface area contributed by atoms with Crippen molar-refractivity contribution in [3.8, 4) is 0 Å². The number of anilines is 1. The van der Waals surface area contributed by atoms with Crippen LogP contribution < -0.4 is 16.2 Å². The van der Waals surface area contributed by atoms with Crippen molar-refractivity contribution >= 4 is 17.3 Å². The van der Waals surface area contributed by atoms with Gasteiger partial charge in [-0.25, -0.2) is 5.10 Å². The first kappa shape index (κ1) is 12.0. The van der Waals surface area contributed by atoms with Crippen molar-refractivity contribution in [3.63, 3.8) is 0 Å². The number of H-pyrrole nitrogens is 1. The third-order valence-corrected chi connectivity index (χ3v) is 3.32. The van der Waals surface area contributed by atoms with Gasteiger partial charge in [-0.3, -0.25) is 4.79 Å². The van der Waals surface area contributed by atoms with Crippen LogP contribution in [0.5, 0.6) is 0 Å². The predicted molar refractivity (Wildman–Crippen MR) is 68.1 cm³/mol. The Morgan fingerprint density at radius 3 is 3.24 bits per heavy atom. The van der Waals surface area contributed by atoms with E-state index < -0.39 is 0 Å². The van der Waals surface area contributed by atoms with Crippen molar-refractivity contribution in [3.05, 3.63) is 33.8 Å². The van der Waals surface area contributed by atoms with Gasteiger partial charge in [0.15, 0.2) is 0 Å². The number of rotatable bonds is 3. The molecule has 0 aromatic carbocycles. The summed E-state index contributed by atoms with van der Waals surface area (Å²) in [6.07, 6.45) is 3.42. The Hall–Kier alpha value is -1.49. The van der Waals surface area contributed by atoms with Crippen molar-refractivity contribution in [1.82, 2.24) is 10.2 Å². The van der Waals surface area contributed by atoms with Crippen LogP contribution in [-0.4, -0.2) is 23.3 Å². The van der Waals surface area contributed by atoms with Crippen LogP contribution >= 0.6 is 11.6 Å². The number of aromatic amines is 1. The van der Waals surface area contributed by atoms with E-state index in [-0.39, 0.29) is 10.6 Å². The Morgan fingerprint density at radius 2 is 2.53 bits per heavy atom. The summed E-state index contributed by atoms with van der Waals surface area (Å²) in [6, 6.07) is 0. The number of nitrogens with two attached hydrogens (primary N) is 1. The van der Waals surface area contributed by atoms with Gasteiger partial charge in [0.2, 0.25) is 0 Å². The molecule has 1 saturated heterocycles. The van der Waals surface area contributed by atoms with E-state index in [0.29, 0.717) is 17.3 Å². The third-order valence-electron chi connectivity index (χ3n) is 2.95. The molecule has 1 fully saturated rings. The number of nitrogens with zero attached hydrogens (tertiary/aromatic N) is 2. The number of halogens is 1. The average molecular weight is 255 g/mol. The molecule has 1 aliphatic heterocycles. The predicted octanol–water partition coefficient (Wildman–Crippen LogP) is 1.11. The Morgan fingerprint density at radius 1 is 1.76 bits per heavy atom. The number of aromatic nitrogens is 2. The van der Waals surface area contributed by atoms with Crippen LogP contribution in [0.2, 0.25) is 5.02 Å². The molecule has 92 valence electrons. The summed E-state index contributed by atoms with van der Waals surface area (Å²) in [5.41, 5.74) is 6.65. The minimum Gasteiger partial charge on any atom is -0.403 e. The molecule has 0 saturated carbocycles. The van der Waals surface area contributed by atoms with Crippen LogP contribution in [0.4, 0.5) is 5.69 Å². The molecule has 1 atom stereocenters. The molecule has 2 rings (SSSR count). The highest BCUT2D eigenvalue weighted by molar-refractivity contribution is 6.33. The van der Waals surface area contributed by atoms with Gasteiger partial charge in [0.05, 0.1) is 11.9 Å². The van der Waals surface area contributed by atoms with Gasteiger partial charge in [0.1, 0.15) is 5.02 Å². The van der Waals surface area contributed by atoms with Crippen LogP contribution in [0.15, 0.2) is 23.3 Å². The van der Waals surface area contributed by atoms with Gasteiger partial charge in [0, 0.05) is 18.8 Å². The summed E-state index contributed by atoms with van der Waals surface area (Å²) < 4.78 is 0. The Bertz CT molecular complexity index is 485. The Balaban J connectivity index is 2.12. The van der Waals surface area contributed by atoms with Gasteiger partial charge in [0.25, 0.3) is 5.56 Å². The molecular formula is C11H15ClN4O. The van der Waals surface area contributed by atoms with Gasteiger partial charge in [-0.1, -0.05) is 18.2 Å². The second kappa shape index (κ2) is 4.79. The molecule has 17 heavy (non-hydrogen) atoms. The molecule has 0 bridgehead atoms. The summed E-state index contributed by atoms with van der Waals surface area (Å²) in [4.78, 5) is 13.4. The van der Waals surface area contributed by atoms with Crippen LogP contribution in [0.3, 0.4) is 0 Å². The molecule has 1 aromatic rings. The zero-order valence-electron chi connectivity index (χ0n) is 9.45. The minimum atomic E-state index is -0.351. The van der Waals surface area contributed by atoms with Gasteiger partial charge in [-0.2, -0.15) is 5.10 Å². The fraction of sp³-hybridized carbons (Fsp3) is 0.455. The molecule has 0 radical (unpaired) electrons. The van der Waals surface area contributed by atoms with Crippen LogP contribution in [0, 0.1) is 5.92 Å². The smallest absolute Gasteiger partial charge is 0.285 e. The lowest BCUT2D eigenvalue weighted by molar-refractivity contribution is 0.581. The van der Waals surface area contributed by atoms with Crippen molar-refractivity contribution in [2.45, 2.75) is 12.8 Å². The highest BCUT2D eigenvalue weighted by atomic mass is 35.5. The molecular weight excluding hydrogens is 240 g/mol. The highest BCUT2D eigenvalue weighted by Gasteiger charge is 2.25. The minimum absolute atomic E-state index is 0.201. The molecule has 1 unspecified atom stereocenters. The van der Waals surface area contributed by atoms with Crippen LogP contribution in [0.25, 0.3) is 0 Å². The molecule has 1 aromatic heterocycles. The van der Waals surface area contributed by atoms with Crippen molar-refractivity contribution in [2.24, 2.45) is 11.7 Å². The van der Waals surface area contributed by atoms with E-state index in [4.69, 9.17) is 17.3 Å². The summed E-state index contributed by atoms with van der Waals surface area (Å²) in [7, 11) is 0. The normalized spacial score (nSPS) is 19.6. The maximum atomic E-state index is 11.3. The number of hydrogen-bond acceptors (Lipinski definition) is 4. The summed E-state index contributed by atoms with van der Waals surface area (Å²) in [5, 5.41) is 6.28. The first-order chi connectivity index (χ1) is 8.08. The quantitative estimate of drug-likeness (QED) is 0.847. The Kier molecular flexibility index (Phi) is 3.38. The molecule has 5 nitrogen and oxygen atoms in total. The summed E-state index contributed by atoms with van der Waals surface area (Å²) >= 11 is 5.96. The number of allylic oxidation sites excluding steroid dienone is 1. The van der Waals surface area contributed by atoms with E-state index in [1.165, 1.54) is 0 Å². The molecule has 3 N–H and O–H groups in total. The third kappa shape index (κ3) is 2.61. The SMILES string of the molecule is C=C(N)CC1CCN(c2cn[nH]c(=O)c2Cl)C1. The molecule has 0 spiro atoms. The summed E-state index contributed by atoms with van der Waals surface area (Å²) in [6.45, 7) is 5.41. The first-order valence-electron chi connectivity index (χ1n) is 5.49. The van der Waals surface area contributed by atoms with Crippen LogP contribution in [-0.2, 0) is 0 Å². The number of hydrogen-bond donors (Lipinski definition) is 2. The fourth-order valence-corrected chi connectivity index (χ4v) is 2.39. The maximum absolute atomic E-state index is 11.3. The van der Waals surface area contributed by atoms with Crippen molar-refractivity contribution < 1.29 is 0 Å². The lowest BCUT2D eigenvalue weighted by atomic mass is 10.0. The van der Waals surface area contributed by atoms with E-state index in [0.717, 1.165) is 25.9 Å². The van der Waals surface area contributed by atoms with Gasteiger partial charge in [-0.15, -0.1) is 0 Å². The van der Waals surface area contributed by atoms with E-state index >= 15 is 0 Å². The largest absolute Gasteiger partial charge is 0.403 e. The van der Waals surface area contributed by atoms with E-state index in [1.807, 2.05) is 0 Å². The lowest BCUT2D eigenvalue weighted by Gasteiger charge is -2.18. The molecule has 2 heterocycles. The van der Waals surface area contributed by atoms with Gasteiger partial charge in [-0.05, 0) is 18.8 Å². The second-order valence-electron chi connectivity index (χ2n) is 4.36. The molecule has 6 heteroatoms. The first-order valence-corrected chi connectivity index (χ1v) is 5.87. The topological polar surface area (TPSA) is 75.0 Å². The second-order valence-corrected chi connectivity index (χ2v) is 4.74. The van der Waals surface area contributed by atoms with Crippen molar-refractivity contribution in [2.75, 3.05) is 18.0 Å². The standard InChI is InChI=1S/C11H15ClN4O/c1-7(13)4-8-2-3-16(6-8)9-5-14-15-11(17)10(9)12/h5,8H,1-4,6,13H2,(H,15,17). The summed E-state index contributed by atoms with van der Waals surface area (Å²) in [5.74, 6) is 0.475. The maximum Gasteiger partial charge on any atom is 0.285 e. The van der Waals surface area contributed by atoms with Crippen molar-refractivity contribution in [1.29, 1.82) is 0 Å². The highest BCUT2D eigenvalue weighted by Crippen LogP contribution is 2.29. The molecule has 1 aliphatic rings. The van der Waals surface area contributed by atoms with E-state index in [2.05, 4.69) is 21.7 Å². The number of nitrogens with one attached hydrogen (secondary N) is 1. The van der Waals surface area contributed by atoms with Crippen LogP contribution in [0.1, 0.15) is 12.8 Å².